The van der Waals surface area contributed by atoms with Crippen LogP contribution in [0.15, 0.2) is 0 Å². The molecule has 1 unspecified atom stereocenters. The minimum atomic E-state index is -0.692. The number of ether oxygens (including phenoxy) is 1. The van der Waals surface area contributed by atoms with Gasteiger partial charge in [-0.1, -0.05) is 77.3 Å². The van der Waals surface area contributed by atoms with Crippen molar-refractivity contribution in [1.82, 2.24) is 10.6 Å². The summed E-state index contributed by atoms with van der Waals surface area (Å²) in [6, 6.07) is -1.25. The standard InChI is InChI=1S/C15H29ClN2O3.C2H6/c1-3-4-5-6-7-8-9-10-11-17-15(20)18-13(2)14(19)21-12-16;1-2/h13H,3-12H2,1-2H3,(H2,17,18,20);1-2H3. The van der Waals surface area contributed by atoms with Crippen LogP contribution < -0.4 is 10.6 Å². The number of unbranched alkanes of at least 4 members (excludes halogenated alkanes) is 7. The summed E-state index contributed by atoms with van der Waals surface area (Å²) < 4.78 is 4.59. The van der Waals surface area contributed by atoms with Gasteiger partial charge in [0.15, 0.2) is 6.07 Å². The van der Waals surface area contributed by atoms with Crippen molar-refractivity contribution in [2.24, 2.45) is 0 Å². The Morgan fingerprint density at radius 3 is 2.04 bits per heavy atom. The summed E-state index contributed by atoms with van der Waals surface area (Å²) >= 11 is 5.28. The molecule has 0 spiro atoms. The third-order valence-corrected chi connectivity index (χ3v) is 3.32. The number of hydrogen-bond donors (Lipinski definition) is 2. The quantitative estimate of drug-likeness (QED) is 0.307. The van der Waals surface area contributed by atoms with E-state index in [0.717, 1.165) is 12.8 Å². The molecule has 6 heteroatoms. The van der Waals surface area contributed by atoms with Gasteiger partial charge in [-0.25, -0.2) is 9.59 Å². The molecule has 0 fully saturated rings. The van der Waals surface area contributed by atoms with E-state index in [-0.39, 0.29) is 12.1 Å². The summed E-state index contributed by atoms with van der Waals surface area (Å²) in [4.78, 5) is 22.8. The molecule has 0 radical (unpaired) electrons. The highest BCUT2D eigenvalue weighted by Crippen LogP contribution is 2.07. The van der Waals surface area contributed by atoms with E-state index in [2.05, 4.69) is 22.3 Å². The van der Waals surface area contributed by atoms with Crippen LogP contribution in [0.5, 0.6) is 0 Å². The van der Waals surface area contributed by atoms with Crippen LogP contribution in [0.25, 0.3) is 0 Å². The lowest BCUT2D eigenvalue weighted by molar-refractivity contribution is -0.143. The van der Waals surface area contributed by atoms with Crippen molar-refractivity contribution in [3.05, 3.63) is 0 Å². The third-order valence-electron chi connectivity index (χ3n) is 3.21. The monoisotopic (exact) mass is 350 g/mol. The Morgan fingerprint density at radius 1 is 1.00 bits per heavy atom. The van der Waals surface area contributed by atoms with Crippen molar-refractivity contribution in [3.63, 3.8) is 0 Å². The van der Waals surface area contributed by atoms with E-state index in [4.69, 9.17) is 11.6 Å². The number of alkyl halides is 1. The molecule has 0 heterocycles. The van der Waals surface area contributed by atoms with Crippen molar-refractivity contribution < 1.29 is 14.3 Å². The molecule has 5 nitrogen and oxygen atoms in total. The van der Waals surface area contributed by atoms with Gasteiger partial charge in [0.1, 0.15) is 6.04 Å². The molecule has 0 saturated carbocycles. The fraction of sp³-hybridized carbons (Fsp3) is 0.882. The van der Waals surface area contributed by atoms with Crippen LogP contribution in [-0.4, -0.2) is 30.7 Å². The van der Waals surface area contributed by atoms with E-state index < -0.39 is 12.0 Å². The average Bonchev–Trinajstić information content (AvgIpc) is 2.55. The number of esters is 1. The van der Waals surface area contributed by atoms with Gasteiger partial charge in [-0.3, -0.25) is 0 Å². The maximum Gasteiger partial charge on any atom is 0.329 e. The van der Waals surface area contributed by atoms with Gasteiger partial charge in [-0.2, -0.15) is 0 Å². The molecule has 0 aliphatic heterocycles. The van der Waals surface area contributed by atoms with Gasteiger partial charge in [-0.05, 0) is 13.3 Å². The number of amides is 2. The highest BCUT2D eigenvalue weighted by molar-refractivity contribution is 6.17. The Bertz CT molecular complexity index is 289. The number of halogens is 1. The van der Waals surface area contributed by atoms with Crippen LogP contribution in [0.3, 0.4) is 0 Å². The fourth-order valence-corrected chi connectivity index (χ4v) is 2.05. The molecule has 0 aromatic carbocycles. The smallest absolute Gasteiger partial charge is 0.329 e. The second-order valence-corrected chi connectivity index (χ2v) is 5.39. The molecule has 0 aliphatic rings. The third kappa shape index (κ3) is 17.2. The highest BCUT2D eigenvalue weighted by Gasteiger charge is 2.15. The molecular formula is C17H35ClN2O3. The number of hydrogen-bond acceptors (Lipinski definition) is 3. The van der Waals surface area contributed by atoms with Crippen molar-refractivity contribution in [2.45, 2.75) is 85.1 Å². The van der Waals surface area contributed by atoms with E-state index in [1.54, 1.807) is 6.92 Å². The molecule has 2 amide bonds. The van der Waals surface area contributed by atoms with Gasteiger partial charge in [0.25, 0.3) is 0 Å². The molecule has 0 aromatic rings. The van der Waals surface area contributed by atoms with E-state index >= 15 is 0 Å². The summed E-state index contributed by atoms with van der Waals surface area (Å²) in [5.74, 6) is -0.535. The molecule has 2 N–H and O–H groups in total. The first-order chi connectivity index (χ1) is 11.1. The van der Waals surface area contributed by atoms with Crippen LogP contribution in [0.4, 0.5) is 4.79 Å². The molecule has 0 aliphatic carbocycles. The summed E-state index contributed by atoms with van der Waals surface area (Å²) in [6.45, 7) is 8.40. The van der Waals surface area contributed by atoms with Crippen LogP contribution in [-0.2, 0) is 9.53 Å². The zero-order valence-electron chi connectivity index (χ0n) is 15.3. The molecule has 1 atom stereocenters. The number of rotatable bonds is 12. The minimum Gasteiger partial charge on any atom is -0.448 e. The Labute approximate surface area is 146 Å². The average molecular weight is 351 g/mol. The number of carbonyl (C=O) groups excluding carboxylic acids is 2. The minimum absolute atomic E-state index is 0.204. The van der Waals surface area contributed by atoms with Gasteiger partial charge in [0.05, 0.1) is 0 Å². The largest absolute Gasteiger partial charge is 0.448 e. The number of nitrogens with one attached hydrogen (secondary N) is 2. The Balaban J connectivity index is 0. The first-order valence-electron chi connectivity index (χ1n) is 8.88. The van der Waals surface area contributed by atoms with E-state index in [0.29, 0.717) is 6.54 Å². The Morgan fingerprint density at radius 2 is 1.52 bits per heavy atom. The lowest BCUT2D eigenvalue weighted by Crippen LogP contribution is -2.45. The summed E-state index contributed by atoms with van der Waals surface area (Å²) in [5, 5.41) is 5.24. The lowest BCUT2D eigenvalue weighted by Gasteiger charge is -2.13. The van der Waals surface area contributed by atoms with E-state index in [1.165, 1.54) is 38.5 Å². The highest BCUT2D eigenvalue weighted by atomic mass is 35.5. The van der Waals surface area contributed by atoms with Crippen LogP contribution in [0.2, 0.25) is 0 Å². The molecule has 0 aromatic heterocycles. The zero-order chi connectivity index (χ0) is 17.9. The van der Waals surface area contributed by atoms with Gasteiger partial charge >= 0.3 is 12.0 Å². The molecular weight excluding hydrogens is 316 g/mol. The van der Waals surface area contributed by atoms with Gasteiger partial charge < -0.3 is 15.4 Å². The van der Waals surface area contributed by atoms with E-state index in [1.807, 2.05) is 13.8 Å². The Hall–Kier alpha value is -0.970. The Kier molecular flexibility index (Phi) is 20.1. The molecule has 0 saturated heterocycles. The maximum atomic E-state index is 11.5. The zero-order valence-corrected chi connectivity index (χ0v) is 16.0. The lowest BCUT2D eigenvalue weighted by atomic mass is 10.1. The van der Waals surface area contributed by atoms with Gasteiger partial charge in [-0.15, -0.1) is 0 Å². The normalized spacial score (nSPS) is 11.0. The maximum absolute atomic E-state index is 11.5. The summed E-state index contributed by atoms with van der Waals surface area (Å²) in [6.07, 6.45) is 9.80. The van der Waals surface area contributed by atoms with Crippen LogP contribution in [0, 0.1) is 0 Å². The van der Waals surface area contributed by atoms with Crippen molar-refractivity contribution >= 4 is 23.6 Å². The van der Waals surface area contributed by atoms with Crippen molar-refractivity contribution in [2.75, 3.05) is 12.6 Å². The molecule has 23 heavy (non-hydrogen) atoms. The van der Waals surface area contributed by atoms with Crippen LogP contribution >= 0.6 is 11.6 Å². The molecule has 138 valence electrons. The van der Waals surface area contributed by atoms with Gasteiger partial charge in [0.2, 0.25) is 0 Å². The predicted octanol–water partition coefficient (Wildman–Crippen LogP) is 4.58. The second kappa shape index (κ2) is 19.1. The predicted molar refractivity (Wildman–Crippen MR) is 96.8 cm³/mol. The summed E-state index contributed by atoms with van der Waals surface area (Å²) in [5.41, 5.74) is 0. The van der Waals surface area contributed by atoms with Crippen molar-refractivity contribution in [1.29, 1.82) is 0 Å². The summed E-state index contributed by atoms with van der Waals surface area (Å²) in [7, 11) is 0. The van der Waals surface area contributed by atoms with Crippen molar-refractivity contribution in [3.8, 4) is 0 Å². The molecule has 0 rings (SSSR count). The molecule has 0 bridgehead atoms. The first kappa shape index (κ1) is 24.3. The van der Waals surface area contributed by atoms with Crippen LogP contribution in [0.1, 0.15) is 79.1 Å². The second-order valence-electron chi connectivity index (χ2n) is 5.17. The topological polar surface area (TPSA) is 67.4 Å². The van der Waals surface area contributed by atoms with E-state index in [9.17, 15) is 9.59 Å². The number of urea groups is 1. The fourth-order valence-electron chi connectivity index (χ4n) is 1.95. The number of carbonyl (C=O) groups is 2. The SMILES string of the molecule is CC.CCCCCCCCCCNC(=O)NC(C)C(=O)OCCl. The van der Waals surface area contributed by atoms with Gasteiger partial charge in [0, 0.05) is 6.54 Å². The first-order valence-corrected chi connectivity index (χ1v) is 9.42.